The first-order valence-electron chi connectivity index (χ1n) is 10.7. The van der Waals surface area contributed by atoms with Crippen LogP contribution in [0.15, 0.2) is 127 Å². The summed E-state index contributed by atoms with van der Waals surface area (Å²) in [4.78, 5) is 0. The second kappa shape index (κ2) is 8.83. The topological polar surface area (TPSA) is 38.0 Å². The van der Waals surface area contributed by atoms with E-state index in [9.17, 15) is 0 Å². The Kier molecular flexibility index (Phi) is 5.42. The molecular formula is C30H24N2. The molecule has 2 nitrogen and oxygen atoms in total. The van der Waals surface area contributed by atoms with E-state index >= 15 is 0 Å². The Labute approximate surface area is 189 Å². The van der Waals surface area contributed by atoms with Crippen molar-refractivity contribution >= 4 is 17.1 Å². The second-order valence-electron chi connectivity index (χ2n) is 7.85. The molecule has 32 heavy (non-hydrogen) atoms. The van der Waals surface area contributed by atoms with E-state index in [1.807, 2.05) is 30.3 Å². The van der Waals surface area contributed by atoms with E-state index in [1.54, 1.807) is 0 Å². The second-order valence-corrected chi connectivity index (χ2v) is 7.85. The highest BCUT2D eigenvalue weighted by Gasteiger charge is 2.02. The van der Waals surface area contributed by atoms with Crippen LogP contribution in [0, 0.1) is 0 Å². The molecule has 0 aliphatic rings. The fourth-order valence-corrected chi connectivity index (χ4v) is 3.82. The fraction of sp³-hybridized carbons (Fsp3) is 0. The van der Waals surface area contributed by atoms with Crippen molar-refractivity contribution in [2.24, 2.45) is 0 Å². The molecule has 0 aliphatic carbocycles. The number of anilines is 3. The van der Waals surface area contributed by atoms with Crippen molar-refractivity contribution in [1.82, 2.24) is 0 Å². The lowest BCUT2D eigenvalue weighted by Gasteiger charge is -2.10. The number of nitrogens with two attached hydrogens (primary N) is 1. The Hall–Kier alpha value is -4.30. The van der Waals surface area contributed by atoms with E-state index in [0.29, 0.717) is 0 Å². The number of hydrogen-bond acceptors (Lipinski definition) is 2. The Bertz CT molecular complexity index is 1290. The van der Waals surface area contributed by atoms with Crippen molar-refractivity contribution in [2.75, 3.05) is 11.1 Å². The number of benzene rings is 5. The zero-order chi connectivity index (χ0) is 21.8. The zero-order valence-corrected chi connectivity index (χ0v) is 17.7. The van der Waals surface area contributed by atoms with Gasteiger partial charge in [0.05, 0.1) is 0 Å². The highest BCUT2D eigenvalue weighted by Crippen LogP contribution is 2.28. The van der Waals surface area contributed by atoms with Crippen LogP contribution in [0.4, 0.5) is 17.1 Å². The van der Waals surface area contributed by atoms with Crippen LogP contribution in [0.25, 0.3) is 33.4 Å². The fourth-order valence-electron chi connectivity index (χ4n) is 3.82. The SMILES string of the molecule is Nc1ccc(-c2ccc(Nc3ccc(-c4ccc(-c5ccccc5)cc4)cc3)cc2)cc1. The van der Waals surface area contributed by atoms with Gasteiger partial charge < -0.3 is 11.1 Å². The molecule has 5 rings (SSSR count). The van der Waals surface area contributed by atoms with Crippen LogP contribution in [-0.4, -0.2) is 0 Å². The van der Waals surface area contributed by atoms with Gasteiger partial charge in [-0.2, -0.15) is 0 Å². The number of nitrogens with one attached hydrogen (secondary N) is 1. The lowest BCUT2D eigenvalue weighted by molar-refractivity contribution is 1.53. The van der Waals surface area contributed by atoms with Gasteiger partial charge in [-0.05, 0) is 69.8 Å². The average Bonchev–Trinajstić information content (AvgIpc) is 2.86. The molecular weight excluding hydrogens is 388 g/mol. The summed E-state index contributed by atoms with van der Waals surface area (Å²) in [6, 6.07) is 44.1. The maximum absolute atomic E-state index is 5.78. The summed E-state index contributed by atoms with van der Waals surface area (Å²) >= 11 is 0. The zero-order valence-electron chi connectivity index (χ0n) is 17.7. The van der Waals surface area contributed by atoms with E-state index in [0.717, 1.165) is 22.6 Å². The normalized spacial score (nSPS) is 10.6. The molecule has 0 aromatic heterocycles. The average molecular weight is 413 g/mol. The highest BCUT2D eigenvalue weighted by atomic mass is 14.9. The van der Waals surface area contributed by atoms with Gasteiger partial charge in [-0.15, -0.1) is 0 Å². The van der Waals surface area contributed by atoms with E-state index in [1.165, 1.54) is 27.8 Å². The van der Waals surface area contributed by atoms with Crippen molar-refractivity contribution in [3.63, 3.8) is 0 Å². The summed E-state index contributed by atoms with van der Waals surface area (Å²) in [6.45, 7) is 0. The summed E-state index contributed by atoms with van der Waals surface area (Å²) in [6.07, 6.45) is 0. The smallest absolute Gasteiger partial charge is 0.0384 e. The molecule has 0 radical (unpaired) electrons. The molecule has 0 saturated carbocycles. The minimum atomic E-state index is 0.780. The molecule has 0 heterocycles. The molecule has 5 aromatic rings. The Balaban J connectivity index is 1.27. The van der Waals surface area contributed by atoms with Gasteiger partial charge in [0.25, 0.3) is 0 Å². The summed E-state index contributed by atoms with van der Waals surface area (Å²) in [5.74, 6) is 0. The predicted molar refractivity (Wildman–Crippen MR) is 137 cm³/mol. The molecule has 0 amide bonds. The van der Waals surface area contributed by atoms with Gasteiger partial charge in [0.2, 0.25) is 0 Å². The first-order chi connectivity index (χ1) is 15.7. The Morgan fingerprint density at radius 3 is 1.06 bits per heavy atom. The van der Waals surface area contributed by atoms with Crippen molar-refractivity contribution in [1.29, 1.82) is 0 Å². The van der Waals surface area contributed by atoms with Crippen LogP contribution in [0.1, 0.15) is 0 Å². The first-order valence-corrected chi connectivity index (χ1v) is 10.7. The van der Waals surface area contributed by atoms with Gasteiger partial charge in [-0.25, -0.2) is 0 Å². The standard InChI is InChI=1S/C30H24N2/c31-28-16-10-25(11-17-28)27-14-20-30(21-15-27)32-29-18-12-26(13-19-29)24-8-6-23(7-9-24)22-4-2-1-3-5-22/h1-21,32H,31H2. The summed E-state index contributed by atoms with van der Waals surface area (Å²) in [5.41, 5.74) is 15.9. The maximum Gasteiger partial charge on any atom is 0.0384 e. The quantitative estimate of drug-likeness (QED) is 0.287. The third kappa shape index (κ3) is 4.40. The summed E-state index contributed by atoms with van der Waals surface area (Å²) in [7, 11) is 0. The molecule has 5 aromatic carbocycles. The molecule has 2 heteroatoms. The molecule has 0 atom stereocenters. The first kappa shape index (κ1) is 19.7. The number of rotatable bonds is 5. The molecule has 0 aliphatic heterocycles. The van der Waals surface area contributed by atoms with E-state index in [2.05, 4.69) is 102 Å². The minimum Gasteiger partial charge on any atom is -0.399 e. The van der Waals surface area contributed by atoms with Crippen LogP contribution >= 0.6 is 0 Å². The lowest BCUT2D eigenvalue weighted by Crippen LogP contribution is -1.90. The summed E-state index contributed by atoms with van der Waals surface area (Å²) in [5, 5.41) is 3.48. The Morgan fingerprint density at radius 1 is 0.344 bits per heavy atom. The largest absolute Gasteiger partial charge is 0.399 e. The highest BCUT2D eigenvalue weighted by molar-refractivity contribution is 5.73. The molecule has 0 saturated heterocycles. The van der Waals surface area contributed by atoms with Gasteiger partial charge in [0.1, 0.15) is 0 Å². The van der Waals surface area contributed by atoms with Gasteiger partial charge in [-0.1, -0.05) is 91.0 Å². The van der Waals surface area contributed by atoms with Crippen LogP contribution in [0.2, 0.25) is 0 Å². The van der Waals surface area contributed by atoms with Gasteiger partial charge in [0.15, 0.2) is 0 Å². The maximum atomic E-state index is 5.78. The van der Waals surface area contributed by atoms with Gasteiger partial charge in [0, 0.05) is 17.1 Å². The number of nitrogen functional groups attached to an aromatic ring is 1. The van der Waals surface area contributed by atoms with Crippen molar-refractivity contribution in [2.45, 2.75) is 0 Å². The molecule has 0 bridgehead atoms. The van der Waals surface area contributed by atoms with Crippen LogP contribution in [0.5, 0.6) is 0 Å². The van der Waals surface area contributed by atoms with Crippen LogP contribution < -0.4 is 11.1 Å². The molecule has 154 valence electrons. The number of hydrogen-bond donors (Lipinski definition) is 2. The van der Waals surface area contributed by atoms with Crippen molar-refractivity contribution in [3.05, 3.63) is 127 Å². The van der Waals surface area contributed by atoms with Crippen LogP contribution in [0.3, 0.4) is 0 Å². The molecule has 0 fully saturated rings. The van der Waals surface area contributed by atoms with Crippen molar-refractivity contribution < 1.29 is 0 Å². The van der Waals surface area contributed by atoms with E-state index in [4.69, 9.17) is 5.73 Å². The third-order valence-corrected chi connectivity index (χ3v) is 5.63. The van der Waals surface area contributed by atoms with E-state index < -0.39 is 0 Å². The summed E-state index contributed by atoms with van der Waals surface area (Å²) < 4.78 is 0. The Morgan fingerprint density at radius 2 is 0.656 bits per heavy atom. The van der Waals surface area contributed by atoms with Gasteiger partial charge in [-0.3, -0.25) is 0 Å². The van der Waals surface area contributed by atoms with Crippen molar-refractivity contribution in [3.8, 4) is 33.4 Å². The van der Waals surface area contributed by atoms with Gasteiger partial charge >= 0.3 is 0 Å². The van der Waals surface area contributed by atoms with Crippen LogP contribution in [-0.2, 0) is 0 Å². The predicted octanol–water partition coefficient (Wildman–Crippen LogP) is 8.01. The molecule has 0 spiro atoms. The minimum absolute atomic E-state index is 0.780. The van der Waals surface area contributed by atoms with E-state index in [-0.39, 0.29) is 0 Å². The molecule has 0 unspecified atom stereocenters. The monoisotopic (exact) mass is 412 g/mol. The molecule has 3 N–H and O–H groups in total. The lowest BCUT2D eigenvalue weighted by atomic mass is 10.0. The third-order valence-electron chi connectivity index (χ3n) is 5.63.